The zero-order valence-corrected chi connectivity index (χ0v) is 11.4. The van der Waals surface area contributed by atoms with Crippen LogP contribution in [0, 0.1) is 5.92 Å². The lowest BCUT2D eigenvalue weighted by Crippen LogP contribution is -2.60. The van der Waals surface area contributed by atoms with Gasteiger partial charge in [0.05, 0.1) is 12.1 Å². The topological polar surface area (TPSA) is 44.9 Å². The maximum Gasteiger partial charge on any atom is 0.191 e. The highest BCUT2D eigenvalue weighted by molar-refractivity contribution is 5.81. The van der Waals surface area contributed by atoms with Gasteiger partial charge in [0, 0.05) is 13.1 Å². The van der Waals surface area contributed by atoms with E-state index in [0.717, 1.165) is 44.6 Å². The first-order chi connectivity index (χ1) is 8.11. The van der Waals surface area contributed by atoms with E-state index in [1.54, 1.807) is 0 Å². The average Bonchev–Trinajstić information content (AvgIpc) is 2.59. The minimum absolute atomic E-state index is 0.288. The van der Waals surface area contributed by atoms with Gasteiger partial charge >= 0.3 is 0 Å². The van der Waals surface area contributed by atoms with Crippen LogP contribution in [-0.2, 0) is 0 Å². The highest BCUT2D eigenvalue weighted by Gasteiger charge is 2.50. The second kappa shape index (κ2) is 4.84. The van der Waals surface area contributed by atoms with Crippen molar-refractivity contribution < 1.29 is 0 Å². The molecule has 1 fully saturated rings. The summed E-state index contributed by atoms with van der Waals surface area (Å²) in [7, 11) is 0. The molecule has 2 N–H and O–H groups in total. The van der Waals surface area contributed by atoms with Gasteiger partial charge in [-0.25, -0.2) is 0 Å². The summed E-state index contributed by atoms with van der Waals surface area (Å²) in [6.45, 7) is 12.0. The molecule has 1 saturated carbocycles. The Balaban J connectivity index is 1.91. The predicted octanol–water partition coefficient (Wildman–Crippen LogP) is 1.13. The zero-order chi connectivity index (χ0) is 12.5. The van der Waals surface area contributed by atoms with Crippen molar-refractivity contribution in [3.05, 3.63) is 0 Å². The van der Waals surface area contributed by atoms with Crippen LogP contribution in [0.3, 0.4) is 0 Å². The third kappa shape index (κ3) is 2.28. The van der Waals surface area contributed by atoms with Gasteiger partial charge in [0.15, 0.2) is 5.96 Å². The van der Waals surface area contributed by atoms with Gasteiger partial charge in [0.2, 0.25) is 0 Å². The van der Waals surface area contributed by atoms with Crippen LogP contribution in [-0.4, -0.2) is 54.0 Å². The standard InChI is InChI=1S/C13H26N4/c1-4-16(5-2)6-7-17-12(14)15-10-13(17)8-11(3)9-13/h11H,4-10H2,1-3H3,(H2,14,15). The molecule has 2 aliphatic rings. The molecule has 0 aromatic carbocycles. The fourth-order valence-electron chi connectivity index (χ4n) is 3.36. The Bertz CT molecular complexity index is 290. The summed E-state index contributed by atoms with van der Waals surface area (Å²) in [5.41, 5.74) is 6.32. The van der Waals surface area contributed by atoms with Crippen LogP contribution in [0.15, 0.2) is 4.99 Å². The molecule has 1 aliphatic carbocycles. The maximum atomic E-state index is 6.04. The largest absolute Gasteiger partial charge is 0.370 e. The lowest BCUT2D eigenvalue weighted by Gasteiger charge is -2.50. The van der Waals surface area contributed by atoms with Gasteiger partial charge in [-0.1, -0.05) is 20.8 Å². The SMILES string of the molecule is CCN(CC)CCN1C(N)=NCC12CC(C)C2. The molecule has 0 bridgehead atoms. The minimum atomic E-state index is 0.288. The molecule has 0 atom stereocenters. The summed E-state index contributed by atoms with van der Waals surface area (Å²) < 4.78 is 0. The van der Waals surface area contributed by atoms with E-state index < -0.39 is 0 Å². The van der Waals surface area contributed by atoms with Crippen molar-refractivity contribution in [3.63, 3.8) is 0 Å². The van der Waals surface area contributed by atoms with Crippen LogP contribution in [0.25, 0.3) is 0 Å². The van der Waals surface area contributed by atoms with Crippen LogP contribution in [0.1, 0.15) is 33.6 Å². The van der Waals surface area contributed by atoms with E-state index in [1.165, 1.54) is 12.8 Å². The van der Waals surface area contributed by atoms with Crippen molar-refractivity contribution >= 4 is 5.96 Å². The van der Waals surface area contributed by atoms with Gasteiger partial charge in [0.25, 0.3) is 0 Å². The monoisotopic (exact) mass is 238 g/mol. The Hall–Kier alpha value is -0.770. The normalized spacial score (nSPS) is 32.1. The smallest absolute Gasteiger partial charge is 0.191 e. The molecular weight excluding hydrogens is 212 g/mol. The van der Waals surface area contributed by atoms with Crippen LogP contribution < -0.4 is 5.73 Å². The predicted molar refractivity (Wildman–Crippen MR) is 72.1 cm³/mol. The molecule has 2 rings (SSSR count). The molecule has 98 valence electrons. The molecule has 4 nitrogen and oxygen atoms in total. The molecule has 0 unspecified atom stereocenters. The summed E-state index contributed by atoms with van der Waals surface area (Å²) in [4.78, 5) is 9.27. The van der Waals surface area contributed by atoms with E-state index in [4.69, 9.17) is 5.73 Å². The van der Waals surface area contributed by atoms with Gasteiger partial charge in [-0.3, -0.25) is 4.99 Å². The number of aliphatic imine (C=N–C) groups is 1. The average molecular weight is 238 g/mol. The van der Waals surface area contributed by atoms with Gasteiger partial charge in [-0.05, 0) is 31.8 Å². The summed E-state index contributed by atoms with van der Waals surface area (Å²) >= 11 is 0. The molecule has 4 heteroatoms. The quantitative estimate of drug-likeness (QED) is 0.781. The van der Waals surface area contributed by atoms with E-state index in [0.29, 0.717) is 0 Å². The molecule has 0 aromatic rings. The van der Waals surface area contributed by atoms with E-state index in [9.17, 15) is 0 Å². The van der Waals surface area contributed by atoms with E-state index in [-0.39, 0.29) is 5.54 Å². The number of hydrogen-bond acceptors (Lipinski definition) is 4. The number of nitrogens with two attached hydrogens (primary N) is 1. The molecule has 17 heavy (non-hydrogen) atoms. The Kier molecular flexibility index (Phi) is 3.61. The first-order valence-corrected chi connectivity index (χ1v) is 6.91. The van der Waals surface area contributed by atoms with Crippen molar-refractivity contribution in [2.75, 3.05) is 32.7 Å². The maximum absolute atomic E-state index is 6.04. The van der Waals surface area contributed by atoms with Crippen LogP contribution >= 0.6 is 0 Å². The lowest BCUT2D eigenvalue weighted by atomic mass is 9.68. The molecule has 1 spiro atoms. The van der Waals surface area contributed by atoms with Gasteiger partial charge < -0.3 is 15.5 Å². The van der Waals surface area contributed by atoms with Crippen molar-refractivity contribution in [2.24, 2.45) is 16.6 Å². The second-order valence-corrected chi connectivity index (χ2v) is 5.59. The van der Waals surface area contributed by atoms with Gasteiger partial charge in [-0.2, -0.15) is 0 Å². The molecule has 0 saturated heterocycles. The summed E-state index contributed by atoms with van der Waals surface area (Å²) in [6, 6.07) is 0. The number of hydrogen-bond donors (Lipinski definition) is 1. The summed E-state index contributed by atoms with van der Waals surface area (Å²) in [5, 5.41) is 0. The number of rotatable bonds is 5. The van der Waals surface area contributed by atoms with Crippen LogP contribution in [0.2, 0.25) is 0 Å². The van der Waals surface area contributed by atoms with E-state index in [1.807, 2.05) is 0 Å². The minimum Gasteiger partial charge on any atom is -0.370 e. The van der Waals surface area contributed by atoms with Gasteiger partial charge in [0.1, 0.15) is 0 Å². The molecule has 0 aromatic heterocycles. The third-order valence-corrected chi connectivity index (χ3v) is 4.38. The Morgan fingerprint density at radius 1 is 1.41 bits per heavy atom. The third-order valence-electron chi connectivity index (χ3n) is 4.38. The second-order valence-electron chi connectivity index (χ2n) is 5.59. The Morgan fingerprint density at radius 2 is 2.06 bits per heavy atom. The molecular formula is C13H26N4. The van der Waals surface area contributed by atoms with Crippen molar-refractivity contribution in [1.82, 2.24) is 9.80 Å². The summed E-state index contributed by atoms with van der Waals surface area (Å²) in [5.74, 6) is 1.61. The first kappa shape index (κ1) is 12.7. The zero-order valence-electron chi connectivity index (χ0n) is 11.4. The van der Waals surface area contributed by atoms with Crippen molar-refractivity contribution in [3.8, 4) is 0 Å². The first-order valence-electron chi connectivity index (χ1n) is 6.91. The molecule has 1 heterocycles. The van der Waals surface area contributed by atoms with Crippen molar-refractivity contribution in [1.29, 1.82) is 0 Å². The van der Waals surface area contributed by atoms with Crippen LogP contribution in [0.4, 0.5) is 0 Å². The number of guanidine groups is 1. The van der Waals surface area contributed by atoms with Gasteiger partial charge in [-0.15, -0.1) is 0 Å². The van der Waals surface area contributed by atoms with E-state index >= 15 is 0 Å². The molecule has 0 radical (unpaired) electrons. The highest BCUT2D eigenvalue weighted by Crippen LogP contribution is 2.44. The number of likely N-dealkylation sites (N-methyl/N-ethyl adjacent to an activating group) is 1. The fraction of sp³-hybridized carbons (Fsp3) is 0.923. The Morgan fingerprint density at radius 3 is 2.59 bits per heavy atom. The van der Waals surface area contributed by atoms with Crippen LogP contribution in [0.5, 0.6) is 0 Å². The Labute approximate surface area is 105 Å². The summed E-state index contributed by atoms with van der Waals surface area (Å²) in [6.07, 6.45) is 2.52. The van der Waals surface area contributed by atoms with Crippen molar-refractivity contribution in [2.45, 2.75) is 39.2 Å². The fourth-order valence-corrected chi connectivity index (χ4v) is 3.36. The molecule has 0 amide bonds. The number of nitrogens with zero attached hydrogens (tertiary/aromatic N) is 3. The van der Waals surface area contributed by atoms with E-state index in [2.05, 4.69) is 35.6 Å². The highest BCUT2D eigenvalue weighted by atomic mass is 15.4. The lowest BCUT2D eigenvalue weighted by molar-refractivity contribution is 0.0453. The molecule has 1 aliphatic heterocycles.